The molecule has 0 spiro atoms. The summed E-state index contributed by atoms with van der Waals surface area (Å²) in [5.41, 5.74) is 10.1. The van der Waals surface area contributed by atoms with Crippen LogP contribution in [0, 0.1) is 0 Å². The molecule has 0 amide bonds. The maximum Gasteiger partial charge on any atom is 0.168 e. The largest absolute Gasteiger partial charge is 0.309 e. The maximum atomic E-state index is 4.69. The highest BCUT2D eigenvalue weighted by Gasteiger charge is 2.21. The Morgan fingerprint density at radius 2 is 0.642 bits per heavy atom. The molecule has 0 unspecified atom stereocenters. The fourth-order valence-electron chi connectivity index (χ4n) is 8.30. The lowest BCUT2D eigenvalue weighted by molar-refractivity contribution is 1.07. The van der Waals surface area contributed by atoms with Gasteiger partial charge < -0.3 is 9.13 Å². The van der Waals surface area contributed by atoms with Crippen molar-refractivity contribution in [2.24, 2.45) is 0 Å². The number of benzene rings is 8. The molecule has 0 saturated heterocycles. The summed E-state index contributed by atoms with van der Waals surface area (Å²) in [6.45, 7) is 0. The molecule has 0 fully saturated rings. The van der Waals surface area contributed by atoms with E-state index in [4.69, 9.17) is 0 Å². The van der Waals surface area contributed by atoms with Crippen LogP contribution < -0.4 is 0 Å². The van der Waals surface area contributed by atoms with Crippen LogP contribution in [0.2, 0.25) is 0 Å². The second kappa shape index (κ2) is 11.7. The number of fused-ring (bicyclic) bond motifs is 9. The van der Waals surface area contributed by atoms with Gasteiger partial charge in [0.1, 0.15) is 0 Å². The molecule has 11 aromatic rings. The second-order valence-corrected chi connectivity index (χ2v) is 13.5. The minimum absolute atomic E-state index is 0.806. The summed E-state index contributed by atoms with van der Waals surface area (Å²) in [4.78, 5) is 0. The van der Waals surface area contributed by atoms with Crippen molar-refractivity contribution in [3.63, 3.8) is 0 Å². The van der Waals surface area contributed by atoms with Gasteiger partial charge in [-0.3, -0.25) is 4.57 Å². The average molecular weight is 678 g/mol. The summed E-state index contributed by atoms with van der Waals surface area (Å²) >= 11 is 0. The van der Waals surface area contributed by atoms with Gasteiger partial charge in [0.25, 0.3) is 0 Å². The van der Waals surface area contributed by atoms with Crippen molar-refractivity contribution in [3.8, 4) is 39.8 Å². The van der Waals surface area contributed by atoms with Crippen LogP contribution in [-0.2, 0) is 0 Å². The highest BCUT2D eigenvalue weighted by Crippen LogP contribution is 2.42. The Kier molecular flexibility index (Phi) is 6.48. The molecule has 248 valence electrons. The minimum Gasteiger partial charge on any atom is -0.309 e. The first-order chi connectivity index (χ1) is 26.3. The van der Waals surface area contributed by atoms with E-state index in [1.54, 1.807) is 0 Å². The van der Waals surface area contributed by atoms with Crippen LogP contribution in [0.5, 0.6) is 0 Å². The van der Waals surface area contributed by atoms with E-state index >= 15 is 0 Å². The third-order valence-corrected chi connectivity index (χ3v) is 10.6. The van der Waals surface area contributed by atoms with Gasteiger partial charge in [0.05, 0.1) is 22.1 Å². The van der Waals surface area contributed by atoms with Gasteiger partial charge >= 0.3 is 0 Å². The van der Waals surface area contributed by atoms with Crippen molar-refractivity contribution in [1.29, 1.82) is 0 Å². The fraction of sp³-hybridized carbons (Fsp3) is 0. The van der Waals surface area contributed by atoms with E-state index in [0.717, 1.165) is 39.8 Å². The number of hydrogen-bond donors (Lipinski definition) is 0. The van der Waals surface area contributed by atoms with E-state index in [1.807, 2.05) is 36.4 Å². The molecule has 0 N–H and O–H groups in total. The fourth-order valence-corrected chi connectivity index (χ4v) is 8.30. The smallest absolute Gasteiger partial charge is 0.168 e. The SMILES string of the molecule is c1ccc(-c2nnc(-c3ccccc3)n2-c2ccc(-n3c4ccccc4c4c5ccc6c(c5ccc43)c3ccccc3n6-c3ccccc3)cc2)cc1. The molecule has 0 aliphatic heterocycles. The monoisotopic (exact) mass is 677 g/mol. The quantitative estimate of drug-likeness (QED) is 0.182. The second-order valence-electron chi connectivity index (χ2n) is 13.5. The molecule has 0 aliphatic carbocycles. The summed E-state index contributed by atoms with van der Waals surface area (Å²) in [5, 5.41) is 16.9. The van der Waals surface area contributed by atoms with Crippen molar-refractivity contribution in [3.05, 3.63) is 188 Å². The van der Waals surface area contributed by atoms with Crippen LogP contribution in [0.1, 0.15) is 0 Å². The predicted octanol–water partition coefficient (Wildman–Crippen LogP) is 11.9. The van der Waals surface area contributed by atoms with Crippen molar-refractivity contribution in [2.75, 3.05) is 0 Å². The van der Waals surface area contributed by atoms with Crippen molar-refractivity contribution in [1.82, 2.24) is 23.9 Å². The van der Waals surface area contributed by atoms with Crippen LogP contribution in [0.3, 0.4) is 0 Å². The van der Waals surface area contributed by atoms with Gasteiger partial charge in [0, 0.05) is 49.7 Å². The Hall–Kier alpha value is -7.24. The molecule has 0 radical (unpaired) electrons. The summed E-state index contributed by atoms with van der Waals surface area (Å²) in [6.07, 6.45) is 0. The lowest BCUT2D eigenvalue weighted by Gasteiger charge is -2.13. The van der Waals surface area contributed by atoms with Crippen LogP contribution >= 0.6 is 0 Å². The third kappa shape index (κ3) is 4.44. The van der Waals surface area contributed by atoms with Gasteiger partial charge in [-0.2, -0.15) is 0 Å². The van der Waals surface area contributed by atoms with Crippen LogP contribution in [0.4, 0.5) is 0 Å². The molecule has 53 heavy (non-hydrogen) atoms. The first kappa shape index (κ1) is 29.5. The van der Waals surface area contributed by atoms with Gasteiger partial charge in [-0.1, -0.05) is 127 Å². The predicted molar refractivity (Wildman–Crippen MR) is 218 cm³/mol. The van der Waals surface area contributed by atoms with Crippen LogP contribution in [-0.4, -0.2) is 23.9 Å². The first-order valence-electron chi connectivity index (χ1n) is 17.9. The zero-order chi connectivity index (χ0) is 34.9. The molecular formula is C48H31N5. The van der Waals surface area contributed by atoms with E-state index in [0.29, 0.717) is 0 Å². The van der Waals surface area contributed by atoms with E-state index < -0.39 is 0 Å². The highest BCUT2D eigenvalue weighted by molar-refractivity contribution is 6.29. The molecule has 0 aliphatic rings. The molecule has 0 bridgehead atoms. The number of hydrogen-bond acceptors (Lipinski definition) is 2. The summed E-state index contributed by atoms with van der Waals surface area (Å²) in [6, 6.07) is 66.8. The lowest BCUT2D eigenvalue weighted by Crippen LogP contribution is -2.01. The van der Waals surface area contributed by atoms with Crippen LogP contribution in [0.15, 0.2) is 188 Å². The third-order valence-electron chi connectivity index (χ3n) is 10.6. The Labute approximate surface area is 305 Å². The molecule has 5 heteroatoms. The summed E-state index contributed by atoms with van der Waals surface area (Å²) in [5.74, 6) is 1.61. The first-order valence-corrected chi connectivity index (χ1v) is 17.9. The molecule has 3 aromatic heterocycles. The average Bonchev–Trinajstić information content (AvgIpc) is 3.93. The highest BCUT2D eigenvalue weighted by atomic mass is 15.3. The topological polar surface area (TPSA) is 40.6 Å². The van der Waals surface area contributed by atoms with Crippen LogP contribution in [0.25, 0.3) is 94.2 Å². The number of rotatable bonds is 5. The maximum absolute atomic E-state index is 4.69. The van der Waals surface area contributed by atoms with Gasteiger partial charge in [0.2, 0.25) is 0 Å². The number of nitrogens with zero attached hydrogens (tertiary/aromatic N) is 5. The standard InChI is InChI=1S/C48H31N5/c1-4-14-32(15-5-1)47-49-50-48(33-16-6-2-7-17-33)53(47)36-26-24-35(25-27-36)52-42-23-13-11-21-40(42)46-38-28-30-43-45(37(38)29-31-44(46)52)39-20-10-12-22-41(39)51(43)34-18-8-3-9-19-34/h1-31H. The molecule has 5 nitrogen and oxygen atoms in total. The van der Waals surface area contributed by atoms with E-state index in [2.05, 4.69) is 176 Å². The van der Waals surface area contributed by atoms with E-state index in [1.165, 1.54) is 54.4 Å². The Bertz CT molecular complexity index is 3080. The zero-order valence-corrected chi connectivity index (χ0v) is 28.6. The van der Waals surface area contributed by atoms with E-state index in [-0.39, 0.29) is 0 Å². The number of aromatic nitrogens is 5. The molecule has 0 atom stereocenters. The number of para-hydroxylation sites is 3. The molecule has 0 saturated carbocycles. The Balaban J connectivity index is 1.12. The summed E-state index contributed by atoms with van der Waals surface area (Å²) in [7, 11) is 0. The zero-order valence-electron chi connectivity index (χ0n) is 28.6. The molecule has 8 aromatic carbocycles. The van der Waals surface area contributed by atoms with E-state index in [9.17, 15) is 0 Å². The molecular weight excluding hydrogens is 647 g/mol. The van der Waals surface area contributed by atoms with Gasteiger partial charge in [-0.15, -0.1) is 10.2 Å². The van der Waals surface area contributed by atoms with Crippen molar-refractivity contribution < 1.29 is 0 Å². The lowest BCUT2D eigenvalue weighted by atomic mass is 9.99. The normalized spacial score (nSPS) is 11.8. The summed E-state index contributed by atoms with van der Waals surface area (Å²) < 4.78 is 6.94. The van der Waals surface area contributed by atoms with Gasteiger partial charge in [-0.05, 0) is 71.4 Å². The van der Waals surface area contributed by atoms with Crippen molar-refractivity contribution in [2.45, 2.75) is 0 Å². The van der Waals surface area contributed by atoms with Gasteiger partial charge in [-0.25, -0.2) is 0 Å². The minimum atomic E-state index is 0.806. The Morgan fingerprint density at radius 1 is 0.264 bits per heavy atom. The Morgan fingerprint density at radius 3 is 1.11 bits per heavy atom. The van der Waals surface area contributed by atoms with Crippen molar-refractivity contribution >= 4 is 54.4 Å². The van der Waals surface area contributed by atoms with Gasteiger partial charge in [0.15, 0.2) is 11.6 Å². The molecule has 3 heterocycles. The molecule has 11 rings (SSSR count).